The molecule has 24 heavy (non-hydrogen) atoms. The molecule has 1 aromatic rings. The van der Waals surface area contributed by atoms with E-state index < -0.39 is 9.84 Å². The average Bonchev–Trinajstić information content (AvgIpc) is 2.54. The average molecular weight is 352 g/mol. The van der Waals surface area contributed by atoms with Crippen LogP contribution in [-0.2, 0) is 9.84 Å². The maximum Gasteiger partial charge on any atom is 0.194 e. The number of rotatable bonds is 5. The van der Waals surface area contributed by atoms with Crippen LogP contribution in [0.1, 0.15) is 34.1 Å². The number of aliphatic imine (C=N–C) groups is 1. The summed E-state index contributed by atoms with van der Waals surface area (Å²) in [7, 11) is -1.44. The van der Waals surface area contributed by atoms with Gasteiger partial charge < -0.3 is 10.2 Å². The molecule has 0 aromatic heterocycles. The minimum absolute atomic E-state index is 0.0327. The molecule has 0 radical (unpaired) electrons. The zero-order valence-corrected chi connectivity index (χ0v) is 16.2. The van der Waals surface area contributed by atoms with Crippen molar-refractivity contribution in [2.24, 2.45) is 10.4 Å². The Morgan fingerprint density at radius 2 is 1.83 bits per heavy atom. The van der Waals surface area contributed by atoms with Gasteiger partial charge >= 0.3 is 0 Å². The van der Waals surface area contributed by atoms with E-state index in [0.29, 0.717) is 17.9 Å². The molecule has 0 bridgehead atoms. The van der Waals surface area contributed by atoms with Crippen LogP contribution in [0.5, 0.6) is 0 Å². The van der Waals surface area contributed by atoms with Crippen LogP contribution in [0.15, 0.2) is 40.2 Å². The summed E-state index contributed by atoms with van der Waals surface area (Å²) in [5.74, 6) is 0.979. The number of likely N-dealkylation sites (tertiary alicyclic amines) is 1. The molecule has 1 heterocycles. The van der Waals surface area contributed by atoms with Gasteiger partial charge in [0.15, 0.2) is 15.8 Å². The predicted molar refractivity (Wildman–Crippen MR) is 99.0 cm³/mol. The van der Waals surface area contributed by atoms with E-state index in [1.165, 1.54) is 0 Å². The minimum Gasteiger partial charge on any atom is -0.356 e. The largest absolute Gasteiger partial charge is 0.356 e. The molecule has 6 heteroatoms. The fraction of sp³-hybridized carbons (Fsp3) is 0.611. The molecule has 1 aliphatic rings. The Labute approximate surface area is 146 Å². The first-order valence-corrected chi connectivity index (χ1v) is 10.0. The van der Waals surface area contributed by atoms with Gasteiger partial charge in [-0.25, -0.2) is 8.42 Å². The second-order valence-electron chi connectivity index (χ2n) is 7.49. The summed E-state index contributed by atoms with van der Waals surface area (Å²) in [6.45, 7) is 10.5. The van der Waals surface area contributed by atoms with Gasteiger partial charge in [0.2, 0.25) is 0 Å². The van der Waals surface area contributed by atoms with Gasteiger partial charge in [-0.05, 0) is 32.4 Å². The van der Waals surface area contributed by atoms with Crippen molar-refractivity contribution in [2.45, 2.75) is 44.6 Å². The molecular formula is C18H29N3O2S. The number of hydrogen-bond donors (Lipinski definition) is 1. The summed E-state index contributed by atoms with van der Waals surface area (Å²) >= 11 is 0. The highest BCUT2D eigenvalue weighted by Gasteiger charge is 2.53. The molecule has 5 nitrogen and oxygen atoms in total. The van der Waals surface area contributed by atoms with E-state index >= 15 is 0 Å². The molecule has 134 valence electrons. The molecule has 1 saturated heterocycles. The van der Waals surface area contributed by atoms with Gasteiger partial charge in [0.05, 0.1) is 10.6 Å². The van der Waals surface area contributed by atoms with E-state index in [4.69, 9.17) is 0 Å². The highest BCUT2D eigenvalue weighted by molar-refractivity contribution is 7.91. The van der Waals surface area contributed by atoms with E-state index in [-0.39, 0.29) is 16.7 Å². The smallest absolute Gasteiger partial charge is 0.194 e. The van der Waals surface area contributed by atoms with Crippen molar-refractivity contribution in [3.63, 3.8) is 0 Å². The lowest BCUT2D eigenvalue weighted by molar-refractivity contribution is -0.0666. The summed E-state index contributed by atoms with van der Waals surface area (Å²) in [6.07, 6.45) is 0.550. The topological polar surface area (TPSA) is 61.8 Å². The van der Waals surface area contributed by atoms with E-state index in [9.17, 15) is 8.42 Å². The van der Waals surface area contributed by atoms with E-state index in [2.05, 4.69) is 42.9 Å². The zero-order chi connectivity index (χ0) is 18.0. The van der Waals surface area contributed by atoms with Crippen molar-refractivity contribution in [2.75, 3.05) is 25.9 Å². The van der Waals surface area contributed by atoms with Crippen molar-refractivity contribution in [3.05, 3.63) is 30.3 Å². The Balaban J connectivity index is 1.86. The van der Waals surface area contributed by atoms with Crippen LogP contribution in [-0.4, -0.2) is 50.7 Å². The van der Waals surface area contributed by atoms with Gasteiger partial charge in [0.25, 0.3) is 0 Å². The normalized spacial score (nSPS) is 19.7. The minimum atomic E-state index is -3.21. The molecule has 0 saturated carbocycles. The summed E-state index contributed by atoms with van der Waals surface area (Å²) in [5, 5.41) is 3.30. The SMILES string of the molecule is CN=C(NCCCS(=O)(=O)c1ccccc1)N1CC(C)(C)C1(C)C. The molecule has 0 atom stereocenters. The first-order valence-electron chi connectivity index (χ1n) is 8.38. The van der Waals surface area contributed by atoms with E-state index in [1.54, 1.807) is 31.3 Å². The molecule has 0 amide bonds. The lowest BCUT2D eigenvalue weighted by Gasteiger charge is -2.62. The van der Waals surface area contributed by atoms with Crippen molar-refractivity contribution < 1.29 is 8.42 Å². The second kappa shape index (κ2) is 6.75. The Kier molecular flexibility index (Phi) is 5.28. The van der Waals surface area contributed by atoms with Gasteiger partial charge in [-0.15, -0.1) is 0 Å². The molecule has 0 aliphatic carbocycles. The maximum absolute atomic E-state index is 12.3. The maximum atomic E-state index is 12.3. The van der Waals surface area contributed by atoms with Crippen LogP contribution in [0.25, 0.3) is 0 Å². The Hall–Kier alpha value is -1.56. The molecule has 1 aromatic carbocycles. The van der Waals surface area contributed by atoms with Gasteiger partial charge in [0.1, 0.15) is 0 Å². The van der Waals surface area contributed by atoms with Crippen LogP contribution >= 0.6 is 0 Å². The summed E-state index contributed by atoms with van der Waals surface area (Å²) < 4.78 is 24.5. The highest BCUT2D eigenvalue weighted by atomic mass is 32.2. The lowest BCUT2D eigenvalue weighted by Crippen LogP contribution is -2.72. The van der Waals surface area contributed by atoms with E-state index in [1.807, 2.05) is 6.07 Å². The van der Waals surface area contributed by atoms with Crippen molar-refractivity contribution in [1.29, 1.82) is 0 Å². The van der Waals surface area contributed by atoms with Crippen LogP contribution in [0.3, 0.4) is 0 Å². The number of sulfone groups is 1. The number of hydrogen-bond acceptors (Lipinski definition) is 3. The van der Waals surface area contributed by atoms with Gasteiger partial charge in [-0.3, -0.25) is 4.99 Å². The quantitative estimate of drug-likeness (QED) is 0.503. The third-order valence-corrected chi connectivity index (χ3v) is 7.14. The highest BCUT2D eigenvalue weighted by Crippen LogP contribution is 2.46. The molecule has 0 spiro atoms. The first kappa shape index (κ1) is 18.8. The zero-order valence-electron chi connectivity index (χ0n) is 15.3. The van der Waals surface area contributed by atoms with Crippen LogP contribution in [0.4, 0.5) is 0 Å². The lowest BCUT2D eigenvalue weighted by atomic mass is 9.65. The van der Waals surface area contributed by atoms with Crippen LogP contribution < -0.4 is 5.32 Å². The van der Waals surface area contributed by atoms with Gasteiger partial charge in [-0.1, -0.05) is 32.0 Å². The summed E-state index contributed by atoms with van der Waals surface area (Å²) in [4.78, 5) is 6.98. The molecule has 1 N–H and O–H groups in total. The monoisotopic (exact) mass is 351 g/mol. The van der Waals surface area contributed by atoms with E-state index in [0.717, 1.165) is 12.5 Å². The first-order chi connectivity index (χ1) is 11.1. The molecular weight excluding hydrogens is 322 g/mol. The molecule has 2 rings (SSSR count). The molecule has 0 unspecified atom stereocenters. The third kappa shape index (κ3) is 3.58. The van der Waals surface area contributed by atoms with Gasteiger partial charge in [-0.2, -0.15) is 0 Å². The Bertz CT molecular complexity index is 694. The third-order valence-electron chi connectivity index (χ3n) is 5.33. The second-order valence-corrected chi connectivity index (χ2v) is 9.60. The van der Waals surface area contributed by atoms with Crippen molar-refractivity contribution >= 4 is 15.8 Å². The van der Waals surface area contributed by atoms with Crippen molar-refractivity contribution in [1.82, 2.24) is 10.2 Å². The summed E-state index contributed by atoms with van der Waals surface area (Å²) in [5.41, 5.74) is 0.270. The fourth-order valence-electron chi connectivity index (χ4n) is 2.90. The predicted octanol–water partition coefficient (Wildman–Crippen LogP) is 2.55. The van der Waals surface area contributed by atoms with Crippen LogP contribution in [0.2, 0.25) is 0 Å². The van der Waals surface area contributed by atoms with Crippen LogP contribution in [0, 0.1) is 5.41 Å². The molecule has 1 aliphatic heterocycles. The van der Waals surface area contributed by atoms with Gasteiger partial charge in [0, 0.05) is 31.1 Å². The Morgan fingerprint density at radius 3 is 2.33 bits per heavy atom. The summed E-state index contributed by atoms with van der Waals surface area (Å²) in [6, 6.07) is 8.61. The molecule has 1 fully saturated rings. The fourth-order valence-corrected chi connectivity index (χ4v) is 4.24. The standard InChI is InChI=1S/C18H29N3O2S/c1-17(2)14-21(18(17,3)4)16(19-5)20-12-9-13-24(22,23)15-10-7-6-8-11-15/h6-8,10-11H,9,12-14H2,1-5H3,(H,19,20). The number of guanidine groups is 1. The Morgan fingerprint density at radius 1 is 1.21 bits per heavy atom. The number of nitrogens with zero attached hydrogens (tertiary/aromatic N) is 2. The van der Waals surface area contributed by atoms with Crippen molar-refractivity contribution in [3.8, 4) is 0 Å². The number of nitrogens with one attached hydrogen (secondary N) is 1. The number of benzene rings is 1.